The van der Waals surface area contributed by atoms with Crippen LogP contribution in [0.15, 0.2) is 36.4 Å². The van der Waals surface area contributed by atoms with Gasteiger partial charge in [0.15, 0.2) is 11.6 Å². The maximum atomic E-state index is 14.2. The summed E-state index contributed by atoms with van der Waals surface area (Å²) in [6.07, 6.45) is -4.27. The second kappa shape index (κ2) is 9.13. The standard InChI is InChI=1S/C23H21F4NO5/c1-4-9-32-22(31)12(2)20-13(3)28(18-11-17(24)19(29)10-16(18)20)21(30)14-5-7-15(8-6-14)33-23(25,26)27/h5-8,10-12,29H,4,9H2,1-3H3/t12-/m0/s1. The molecule has 3 rings (SSSR count). The van der Waals surface area contributed by atoms with E-state index >= 15 is 0 Å². The third kappa shape index (κ3) is 4.94. The van der Waals surface area contributed by atoms with E-state index < -0.39 is 41.5 Å². The van der Waals surface area contributed by atoms with Gasteiger partial charge in [0.1, 0.15) is 5.75 Å². The molecule has 0 spiro atoms. The first-order valence-electron chi connectivity index (χ1n) is 10.0. The van der Waals surface area contributed by atoms with Crippen LogP contribution in [0.4, 0.5) is 17.6 Å². The number of halogens is 4. The Balaban J connectivity index is 2.11. The van der Waals surface area contributed by atoms with Crippen LogP contribution < -0.4 is 4.74 Å². The second-order valence-electron chi connectivity index (χ2n) is 7.42. The average Bonchev–Trinajstić information content (AvgIpc) is 3.01. The van der Waals surface area contributed by atoms with E-state index in [0.717, 1.165) is 41.0 Å². The number of phenols is 1. The maximum Gasteiger partial charge on any atom is 0.573 e. The molecular formula is C23H21F4NO5. The van der Waals surface area contributed by atoms with Gasteiger partial charge in [-0.25, -0.2) is 4.39 Å². The molecule has 0 saturated heterocycles. The van der Waals surface area contributed by atoms with Gasteiger partial charge >= 0.3 is 12.3 Å². The number of alkyl halides is 3. The van der Waals surface area contributed by atoms with Crippen molar-refractivity contribution in [1.29, 1.82) is 0 Å². The van der Waals surface area contributed by atoms with E-state index in [0.29, 0.717) is 17.7 Å². The number of esters is 1. The molecule has 3 aromatic rings. The molecule has 0 aliphatic rings. The number of aromatic nitrogens is 1. The van der Waals surface area contributed by atoms with Crippen molar-refractivity contribution in [3.8, 4) is 11.5 Å². The molecule has 1 heterocycles. The average molecular weight is 467 g/mol. The zero-order valence-corrected chi connectivity index (χ0v) is 18.0. The number of benzene rings is 2. The number of hydrogen-bond donors (Lipinski definition) is 1. The monoisotopic (exact) mass is 467 g/mol. The minimum Gasteiger partial charge on any atom is -0.505 e. The van der Waals surface area contributed by atoms with Crippen molar-refractivity contribution >= 4 is 22.8 Å². The molecule has 0 aliphatic heterocycles. The van der Waals surface area contributed by atoms with Crippen molar-refractivity contribution < 1.29 is 41.7 Å². The van der Waals surface area contributed by atoms with E-state index in [1.165, 1.54) is 0 Å². The van der Waals surface area contributed by atoms with Gasteiger partial charge in [0.05, 0.1) is 18.0 Å². The highest BCUT2D eigenvalue weighted by Gasteiger charge is 2.31. The Morgan fingerprint density at radius 3 is 2.36 bits per heavy atom. The van der Waals surface area contributed by atoms with E-state index in [1.54, 1.807) is 13.8 Å². The third-order valence-electron chi connectivity index (χ3n) is 5.09. The van der Waals surface area contributed by atoms with E-state index in [2.05, 4.69) is 4.74 Å². The van der Waals surface area contributed by atoms with Crippen molar-refractivity contribution in [2.75, 3.05) is 6.61 Å². The third-order valence-corrected chi connectivity index (χ3v) is 5.09. The van der Waals surface area contributed by atoms with E-state index in [-0.39, 0.29) is 23.1 Å². The lowest BCUT2D eigenvalue weighted by molar-refractivity contribution is -0.274. The Labute approximate surface area is 186 Å². The first kappa shape index (κ1) is 24.1. The predicted octanol–water partition coefficient (Wildman–Crippen LogP) is 5.44. The summed E-state index contributed by atoms with van der Waals surface area (Å²) < 4.78 is 61.5. The number of rotatable bonds is 6. The van der Waals surface area contributed by atoms with Crippen LogP contribution in [0.2, 0.25) is 0 Å². The van der Waals surface area contributed by atoms with E-state index in [9.17, 15) is 32.3 Å². The molecule has 0 unspecified atom stereocenters. The maximum absolute atomic E-state index is 14.2. The predicted molar refractivity (Wildman–Crippen MR) is 111 cm³/mol. The number of aromatic hydroxyl groups is 1. The smallest absolute Gasteiger partial charge is 0.505 e. The van der Waals surface area contributed by atoms with Crippen molar-refractivity contribution in [3.63, 3.8) is 0 Å². The van der Waals surface area contributed by atoms with E-state index in [4.69, 9.17) is 4.74 Å². The number of nitrogens with zero attached hydrogens (tertiary/aromatic N) is 1. The lowest BCUT2D eigenvalue weighted by atomic mass is 9.98. The lowest BCUT2D eigenvalue weighted by Gasteiger charge is -2.13. The van der Waals surface area contributed by atoms with Crippen molar-refractivity contribution in [2.45, 2.75) is 39.5 Å². The molecular weight excluding hydrogens is 446 g/mol. The van der Waals surface area contributed by atoms with Gasteiger partial charge in [0, 0.05) is 22.7 Å². The molecule has 176 valence electrons. The molecule has 0 radical (unpaired) electrons. The van der Waals surface area contributed by atoms with Gasteiger partial charge in [0.2, 0.25) is 0 Å². The van der Waals surface area contributed by atoms with Gasteiger partial charge in [-0.15, -0.1) is 13.2 Å². The van der Waals surface area contributed by atoms with Gasteiger partial charge in [-0.1, -0.05) is 6.92 Å². The molecule has 2 aromatic carbocycles. The summed E-state index contributed by atoms with van der Waals surface area (Å²) in [7, 11) is 0. The number of ether oxygens (including phenoxy) is 2. The highest BCUT2D eigenvalue weighted by atomic mass is 19.4. The summed E-state index contributed by atoms with van der Waals surface area (Å²) in [4.78, 5) is 25.7. The van der Waals surface area contributed by atoms with Gasteiger partial charge in [0.25, 0.3) is 5.91 Å². The second-order valence-corrected chi connectivity index (χ2v) is 7.42. The first-order chi connectivity index (χ1) is 15.4. The summed E-state index contributed by atoms with van der Waals surface area (Å²) in [5.74, 6) is -4.19. The summed E-state index contributed by atoms with van der Waals surface area (Å²) in [6, 6.07) is 6.35. The fourth-order valence-electron chi connectivity index (χ4n) is 3.63. The topological polar surface area (TPSA) is 77.8 Å². The van der Waals surface area contributed by atoms with Crippen LogP contribution >= 0.6 is 0 Å². The fourth-order valence-corrected chi connectivity index (χ4v) is 3.63. The van der Waals surface area contributed by atoms with Crippen molar-refractivity contribution in [2.24, 2.45) is 0 Å². The Kier molecular flexibility index (Phi) is 6.66. The minimum absolute atomic E-state index is 0.00534. The van der Waals surface area contributed by atoms with Gasteiger partial charge in [-0.2, -0.15) is 0 Å². The van der Waals surface area contributed by atoms with Crippen LogP contribution in [0, 0.1) is 12.7 Å². The molecule has 1 N–H and O–H groups in total. The van der Waals surface area contributed by atoms with Gasteiger partial charge in [-0.3, -0.25) is 14.2 Å². The summed E-state index contributed by atoms with van der Waals surface area (Å²) in [5, 5.41) is 10.2. The number of hydrogen-bond acceptors (Lipinski definition) is 5. The molecule has 1 atom stereocenters. The molecule has 0 amide bonds. The van der Waals surface area contributed by atoms with Crippen molar-refractivity contribution in [1.82, 2.24) is 4.57 Å². The van der Waals surface area contributed by atoms with Crippen molar-refractivity contribution in [3.05, 3.63) is 59.0 Å². The van der Waals surface area contributed by atoms with Crippen LogP contribution in [0.5, 0.6) is 11.5 Å². The molecule has 10 heteroatoms. The summed E-state index contributed by atoms with van der Waals surface area (Å²) >= 11 is 0. The lowest BCUT2D eigenvalue weighted by Crippen LogP contribution is -2.18. The van der Waals surface area contributed by atoms with Gasteiger partial charge < -0.3 is 14.6 Å². The van der Waals surface area contributed by atoms with Crippen LogP contribution in [0.3, 0.4) is 0 Å². The zero-order valence-electron chi connectivity index (χ0n) is 18.0. The van der Waals surface area contributed by atoms with E-state index in [1.807, 2.05) is 6.92 Å². The molecule has 6 nitrogen and oxygen atoms in total. The molecule has 0 fully saturated rings. The number of phenolic OH excluding ortho intramolecular Hbond substituents is 1. The largest absolute Gasteiger partial charge is 0.573 e. The number of fused-ring (bicyclic) bond motifs is 1. The Morgan fingerprint density at radius 1 is 1.15 bits per heavy atom. The van der Waals surface area contributed by atoms with Gasteiger partial charge in [-0.05, 0) is 56.2 Å². The highest BCUT2D eigenvalue weighted by molar-refractivity contribution is 6.05. The van der Waals surface area contributed by atoms with Crippen LogP contribution in [0.1, 0.15) is 47.8 Å². The van der Waals surface area contributed by atoms with Crippen LogP contribution in [0.25, 0.3) is 10.9 Å². The molecule has 0 aliphatic carbocycles. The Morgan fingerprint density at radius 2 is 1.79 bits per heavy atom. The summed E-state index contributed by atoms with van der Waals surface area (Å²) in [6.45, 7) is 5.15. The zero-order chi connectivity index (χ0) is 24.5. The molecule has 0 bridgehead atoms. The molecule has 33 heavy (non-hydrogen) atoms. The Bertz CT molecular complexity index is 1200. The summed E-state index contributed by atoms with van der Waals surface area (Å²) in [5.41, 5.74) is 0.766. The minimum atomic E-state index is -4.88. The Hall–Kier alpha value is -3.56. The normalized spacial score (nSPS) is 12.6. The highest BCUT2D eigenvalue weighted by Crippen LogP contribution is 2.36. The van der Waals surface area contributed by atoms with Crippen LogP contribution in [-0.4, -0.2) is 34.5 Å². The SMILES string of the molecule is CCCOC(=O)[C@@H](C)c1c(C)n(C(=O)c2ccc(OC(F)(F)F)cc2)c2cc(F)c(O)cc12. The number of carbonyl (C=O) groups excluding carboxylic acids is 2. The van der Waals surface area contributed by atoms with Crippen LogP contribution in [-0.2, 0) is 9.53 Å². The fraction of sp³-hybridized carbons (Fsp3) is 0.304. The number of carbonyl (C=O) groups is 2. The molecule has 1 aromatic heterocycles. The quantitative estimate of drug-likeness (QED) is 0.386. The first-order valence-corrected chi connectivity index (χ1v) is 10.0. The molecule has 0 saturated carbocycles.